The van der Waals surface area contributed by atoms with E-state index >= 15 is 0 Å². The number of halogens is 2. The minimum absolute atomic E-state index is 0.291. The van der Waals surface area contributed by atoms with Crippen molar-refractivity contribution < 1.29 is 13.6 Å². The number of nitrogens with one attached hydrogen (secondary N) is 1. The zero-order valence-electron chi connectivity index (χ0n) is 16.1. The van der Waals surface area contributed by atoms with Crippen LogP contribution in [0.1, 0.15) is 47.8 Å². The van der Waals surface area contributed by atoms with Gasteiger partial charge >= 0.3 is 0 Å². The Bertz CT molecular complexity index is 943. The van der Waals surface area contributed by atoms with E-state index in [-0.39, 0.29) is 0 Å². The molecule has 2 rings (SSSR count). The number of carbonyl (C=O) groups is 1. The van der Waals surface area contributed by atoms with E-state index in [0.717, 1.165) is 17.2 Å². The maximum Gasteiger partial charge on any atom is 0.258 e. The van der Waals surface area contributed by atoms with E-state index in [1.807, 2.05) is 52.8 Å². The van der Waals surface area contributed by atoms with Gasteiger partial charge in [0.25, 0.3) is 5.91 Å². The monoisotopic (exact) mass is 368 g/mol. The van der Waals surface area contributed by atoms with Crippen molar-refractivity contribution in [1.29, 1.82) is 5.26 Å². The first-order valence-corrected chi connectivity index (χ1v) is 8.53. The number of amides is 1. The van der Waals surface area contributed by atoms with Crippen LogP contribution in [0.2, 0.25) is 0 Å². The number of allylic oxidation sites excluding steroid dienone is 2. The zero-order chi connectivity index (χ0) is 20.4. The van der Waals surface area contributed by atoms with E-state index in [9.17, 15) is 18.8 Å². The Balaban J connectivity index is 2.60. The van der Waals surface area contributed by atoms with Crippen molar-refractivity contribution in [3.63, 3.8) is 0 Å². The first-order valence-electron chi connectivity index (χ1n) is 8.53. The Hall–Kier alpha value is -3.00. The highest BCUT2D eigenvalue weighted by atomic mass is 19.2. The molecule has 0 fully saturated rings. The zero-order valence-corrected chi connectivity index (χ0v) is 16.1. The van der Waals surface area contributed by atoms with Crippen LogP contribution >= 0.6 is 0 Å². The molecule has 0 radical (unpaired) electrons. The molecule has 0 spiro atoms. The lowest BCUT2D eigenvalue weighted by molar-refractivity contribution is 0.0953. The predicted octanol–water partition coefficient (Wildman–Crippen LogP) is 5.29. The first kappa shape index (κ1) is 20.3. The SMILES string of the molecule is Cc1cc(C)cc(/C(C#N)=C(\NC(=O)c2cccc(F)c2F)C(C)(C)C)c1. The second-order valence-electron chi connectivity index (χ2n) is 7.54. The quantitative estimate of drug-likeness (QED) is 0.748. The normalized spacial score (nSPS) is 12.2. The number of hydrogen-bond acceptors (Lipinski definition) is 2. The average Bonchev–Trinajstić information content (AvgIpc) is 2.55. The summed E-state index contributed by atoms with van der Waals surface area (Å²) in [4.78, 5) is 12.6. The summed E-state index contributed by atoms with van der Waals surface area (Å²) in [6.07, 6.45) is 0. The second-order valence-corrected chi connectivity index (χ2v) is 7.54. The van der Waals surface area contributed by atoms with Gasteiger partial charge in [-0.15, -0.1) is 0 Å². The Morgan fingerprint density at radius 3 is 2.19 bits per heavy atom. The average molecular weight is 368 g/mol. The molecule has 0 atom stereocenters. The van der Waals surface area contributed by atoms with Crippen LogP contribution in [0.25, 0.3) is 5.57 Å². The van der Waals surface area contributed by atoms with Crippen molar-refractivity contribution in [2.24, 2.45) is 5.41 Å². The molecule has 0 aliphatic carbocycles. The Labute approximate surface area is 158 Å². The minimum Gasteiger partial charge on any atom is -0.324 e. The third-order valence-electron chi connectivity index (χ3n) is 4.06. The molecule has 0 heterocycles. The molecular weight excluding hydrogens is 346 g/mol. The number of nitrogens with zero attached hydrogens (tertiary/aromatic N) is 1. The summed E-state index contributed by atoms with van der Waals surface area (Å²) in [6, 6.07) is 11.3. The van der Waals surface area contributed by atoms with Crippen LogP contribution in [0.4, 0.5) is 8.78 Å². The topological polar surface area (TPSA) is 52.9 Å². The fourth-order valence-corrected chi connectivity index (χ4v) is 2.87. The molecule has 0 aliphatic heterocycles. The van der Waals surface area contributed by atoms with E-state index in [2.05, 4.69) is 11.4 Å². The molecular formula is C22H22F2N2O. The molecule has 1 amide bonds. The van der Waals surface area contributed by atoms with Crippen molar-refractivity contribution in [2.45, 2.75) is 34.6 Å². The van der Waals surface area contributed by atoms with Crippen LogP contribution in [-0.4, -0.2) is 5.91 Å². The van der Waals surface area contributed by atoms with Crippen LogP contribution in [0.15, 0.2) is 42.1 Å². The standard InChI is InChI=1S/C22H22F2N2O/c1-13-9-14(2)11-15(10-13)17(12-25)20(22(3,4)5)26-21(27)16-7-6-8-18(23)19(16)24/h6-11H,1-5H3,(H,26,27)/b20-17-. The molecule has 0 aliphatic rings. The van der Waals surface area contributed by atoms with Crippen LogP contribution < -0.4 is 5.32 Å². The Morgan fingerprint density at radius 2 is 1.67 bits per heavy atom. The van der Waals surface area contributed by atoms with E-state index in [4.69, 9.17) is 0 Å². The molecule has 2 aromatic carbocycles. The molecule has 0 saturated heterocycles. The van der Waals surface area contributed by atoms with Gasteiger partial charge in [-0.2, -0.15) is 5.26 Å². The fraction of sp³-hybridized carbons (Fsp3) is 0.273. The minimum atomic E-state index is -1.21. The van der Waals surface area contributed by atoms with Gasteiger partial charge in [0.05, 0.1) is 11.1 Å². The van der Waals surface area contributed by atoms with Gasteiger partial charge in [-0.05, 0) is 31.5 Å². The van der Waals surface area contributed by atoms with Gasteiger partial charge in [0.1, 0.15) is 6.07 Å². The smallest absolute Gasteiger partial charge is 0.258 e. The molecule has 1 N–H and O–H groups in total. The lowest BCUT2D eigenvalue weighted by atomic mass is 9.86. The number of carbonyl (C=O) groups excluding carboxylic acids is 1. The third kappa shape index (κ3) is 4.59. The fourth-order valence-electron chi connectivity index (χ4n) is 2.87. The van der Waals surface area contributed by atoms with Crippen LogP contribution in [-0.2, 0) is 0 Å². The van der Waals surface area contributed by atoms with Gasteiger partial charge in [-0.1, -0.05) is 56.2 Å². The third-order valence-corrected chi connectivity index (χ3v) is 4.06. The van der Waals surface area contributed by atoms with Crippen LogP contribution in [0.5, 0.6) is 0 Å². The van der Waals surface area contributed by atoms with Gasteiger partial charge < -0.3 is 5.32 Å². The lowest BCUT2D eigenvalue weighted by Crippen LogP contribution is -2.32. The maximum absolute atomic E-state index is 14.0. The van der Waals surface area contributed by atoms with Crippen molar-refractivity contribution in [3.8, 4) is 6.07 Å². The predicted molar refractivity (Wildman–Crippen MR) is 102 cm³/mol. The van der Waals surface area contributed by atoms with Gasteiger partial charge in [0, 0.05) is 11.1 Å². The maximum atomic E-state index is 14.0. The summed E-state index contributed by atoms with van der Waals surface area (Å²) in [5.41, 5.74) is 2.25. The summed E-state index contributed by atoms with van der Waals surface area (Å²) in [7, 11) is 0. The first-order chi connectivity index (χ1) is 12.5. The van der Waals surface area contributed by atoms with Gasteiger partial charge in [0.2, 0.25) is 0 Å². The number of aryl methyl sites for hydroxylation is 2. The van der Waals surface area contributed by atoms with Gasteiger partial charge in [0.15, 0.2) is 11.6 Å². The highest BCUT2D eigenvalue weighted by Gasteiger charge is 2.26. The molecule has 0 aromatic heterocycles. The van der Waals surface area contributed by atoms with Crippen molar-refractivity contribution in [1.82, 2.24) is 5.32 Å². The highest BCUT2D eigenvalue weighted by molar-refractivity contribution is 5.97. The van der Waals surface area contributed by atoms with Crippen molar-refractivity contribution >= 4 is 11.5 Å². The molecule has 0 saturated carbocycles. The van der Waals surface area contributed by atoms with Crippen LogP contribution in [0.3, 0.4) is 0 Å². The van der Waals surface area contributed by atoms with Gasteiger partial charge in [-0.3, -0.25) is 4.79 Å². The molecule has 27 heavy (non-hydrogen) atoms. The summed E-state index contributed by atoms with van der Waals surface area (Å²) in [5, 5.41) is 12.4. The van der Waals surface area contributed by atoms with E-state index in [1.54, 1.807) is 0 Å². The van der Waals surface area contributed by atoms with E-state index in [1.165, 1.54) is 12.1 Å². The molecule has 2 aromatic rings. The Morgan fingerprint density at radius 1 is 1.07 bits per heavy atom. The summed E-state index contributed by atoms with van der Waals surface area (Å²) < 4.78 is 27.5. The summed E-state index contributed by atoms with van der Waals surface area (Å²) in [6.45, 7) is 9.35. The molecule has 0 unspecified atom stereocenters. The number of hydrogen-bond donors (Lipinski definition) is 1. The molecule has 5 heteroatoms. The number of benzene rings is 2. The van der Waals surface area contributed by atoms with Crippen molar-refractivity contribution in [3.05, 3.63) is 76.0 Å². The Kier molecular flexibility index (Phi) is 5.80. The van der Waals surface area contributed by atoms with E-state index in [0.29, 0.717) is 16.8 Å². The summed E-state index contributed by atoms with van der Waals surface area (Å²) >= 11 is 0. The van der Waals surface area contributed by atoms with Crippen LogP contribution in [0, 0.1) is 42.2 Å². The molecule has 140 valence electrons. The second kappa shape index (κ2) is 7.71. The number of rotatable bonds is 3. The number of nitriles is 1. The van der Waals surface area contributed by atoms with Crippen molar-refractivity contribution in [2.75, 3.05) is 0 Å². The largest absolute Gasteiger partial charge is 0.324 e. The van der Waals surface area contributed by atoms with E-state index < -0.39 is 28.5 Å². The molecule has 3 nitrogen and oxygen atoms in total. The summed E-state index contributed by atoms with van der Waals surface area (Å²) in [5.74, 6) is -3.11. The highest BCUT2D eigenvalue weighted by Crippen LogP contribution is 2.31. The van der Waals surface area contributed by atoms with Gasteiger partial charge in [-0.25, -0.2) is 8.78 Å². The lowest BCUT2D eigenvalue weighted by Gasteiger charge is -2.26. The molecule has 0 bridgehead atoms.